The standard InChI is InChI=1S/C15H20N4O3S/c1-13(20)18-14-4-6-15(7-5-14)23(21,22)17-8-2-3-10-19-11-9-16-12-19/h4-7,9,11-12,17H,2-3,8,10H2,1H3,(H,18,20). The van der Waals surface area contributed by atoms with Gasteiger partial charge in [0.15, 0.2) is 0 Å². The van der Waals surface area contributed by atoms with Gasteiger partial charge in [0.2, 0.25) is 15.9 Å². The highest BCUT2D eigenvalue weighted by Crippen LogP contribution is 2.14. The zero-order chi connectivity index (χ0) is 16.7. The molecule has 0 saturated carbocycles. The Kier molecular flexibility index (Phi) is 5.89. The normalized spacial score (nSPS) is 11.3. The lowest BCUT2D eigenvalue weighted by Gasteiger charge is -2.08. The Balaban J connectivity index is 1.80. The summed E-state index contributed by atoms with van der Waals surface area (Å²) >= 11 is 0. The van der Waals surface area contributed by atoms with E-state index in [-0.39, 0.29) is 10.8 Å². The Morgan fingerprint density at radius 2 is 1.96 bits per heavy atom. The van der Waals surface area contributed by atoms with Crippen LogP contribution in [0.25, 0.3) is 0 Å². The van der Waals surface area contributed by atoms with E-state index in [1.165, 1.54) is 19.1 Å². The highest BCUT2D eigenvalue weighted by molar-refractivity contribution is 7.89. The van der Waals surface area contributed by atoms with E-state index >= 15 is 0 Å². The van der Waals surface area contributed by atoms with Crippen LogP contribution in [0.4, 0.5) is 5.69 Å². The van der Waals surface area contributed by atoms with Crippen molar-refractivity contribution < 1.29 is 13.2 Å². The third-order valence-corrected chi connectivity index (χ3v) is 4.66. The van der Waals surface area contributed by atoms with E-state index < -0.39 is 10.0 Å². The molecule has 0 unspecified atom stereocenters. The second kappa shape index (κ2) is 7.89. The van der Waals surface area contributed by atoms with Gasteiger partial charge in [-0.05, 0) is 37.1 Å². The molecule has 0 aliphatic rings. The number of anilines is 1. The Labute approximate surface area is 135 Å². The highest BCUT2D eigenvalue weighted by atomic mass is 32.2. The number of aryl methyl sites for hydroxylation is 1. The van der Waals surface area contributed by atoms with Gasteiger partial charge in [-0.15, -0.1) is 0 Å². The first-order valence-electron chi connectivity index (χ1n) is 7.30. The summed E-state index contributed by atoms with van der Waals surface area (Å²) in [5.74, 6) is -0.198. The molecule has 0 bridgehead atoms. The molecule has 7 nitrogen and oxygen atoms in total. The number of carbonyl (C=O) groups is 1. The average Bonchev–Trinajstić information content (AvgIpc) is 3.00. The largest absolute Gasteiger partial charge is 0.337 e. The lowest BCUT2D eigenvalue weighted by molar-refractivity contribution is -0.114. The first-order valence-corrected chi connectivity index (χ1v) is 8.79. The summed E-state index contributed by atoms with van der Waals surface area (Å²) in [5, 5.41) is 2.60. The number of hydrogen-bond donors (Lipinski definition) is 2. The summed E-state index contributed by atoms with van der Waals surface area (Å²) in [4.78, 5) is 15.1. The summed E-state index contributed by atoms with van der Waals surface area (Å²) in [6.07, 6.45) is 6.93. The number of benzene rings is 1. The van der Waals surface area contributed by atoms with E-state index in [0.29, 0.717) is 12.2 Å². The molecule has 1 aromatic heterocycles. The molecule has 1 amide bonds. The minimum atomic E-state index is -3.52. The number of sulfonamides is 1. The summed E-state index contributed by atoms with van der Waals surface area (Å²) in [6.45, 7) is 2.59. The van der Waals surface area contributed by atoms with Crippen molar-refractivity contribution in [2.75, 3.05) is 11.9 Å². The van der Waals surface area contributed by atoms with Crippen LogP contribution >= 0.6 is 0 Å². The van der Waals surface area contributed by atoms with E-state index in [1.54, 1.807) is 24.7 Å². The third kappa shape index (κ3) is 5.50. The van der Waals surface area contributed by atoms with Crippen molar-refractivity contribution in [1.82, 2.24) is 14.3 Å². The Morgan fingerprint density at radius 3 is 2.57 bits per heavy atom. The number of carbonyl (C=O) groups excluding carboxylic acids is 1. The summed E-state index contributed by atoms with van der Waals surface area (Å²) < 4.78 is 28.8. The second-order valence-electron chi connectivity index (χ2n) is 5.11. The van der Waals surface area contributed by atoms with E-state index in [9.17, 15) is 13.2 Å². The van der Waals surface area contributed by atoms with Crippen LogP contribution in [0.2, 0.25) is 0 Å². The van der Waals surface area contributed by atoms with Crippen LogP contribution in [0, 0.1) is 0 Å². The maximum atomic E-state index is 12.1. The van der Waals surface area contributed by atoms with E-state index in [4.69, 9.17) is 0 Å². The molecule has 0 atom stereocenters. The lowest BCUT2D eigenvalue weighted by Crippen LogP contribution is -2.25. The molecule has 0 radical (unpaired) electrons. The van der Waals surface area contributed by atoms with Crippen LogP contribution in [-0.4, -0.2) is 30.4 Å². The fourth-order valence-corrected chi connectivity index (χ4v) is 3.12. The van der Waals surface area contributed by atoms with E-state index in [1.807, 2.05) is 10.8 Å². The number of aromatic nitrogens is 2. The molecular weight excluding hydrogens is 316 g/mol. The summed E-state index contributed by atoms with van der Waals surface area (Å²) in [5.41, 5.74) is 0.566. The van der Waals surface area contributed by atoms with Gasteiger partial charge < -0.3 is 9.88 Å². The first-order chi connectivity index (χ1) is 11.0. The predicted octanol–water partition coefficient (Wildman–Crippen LogP) is 1.60. The topological polar surface area (TPSA) is 93.1 Å². The van der Waals surface area contributed by atoms with Gasteiger partial charge in [-0.25, -0.2) is 18.1 Å². The number of imidazole rings is 1. The maximum Gasteiger partial charge on any atom is 0.240 e. The van der Waals surface area contributed by atoms with Crippen molar-refractivity contribution >= 4 is 21.6 Å². The van der Waals surface area contributed by atoms with Gasteiger partial charge in [0.1, 0.15) is 0 Å². The number of nitrogens with zero attached hydrogens (tertiary/aromatic N) is 2. The number of rotatable bonds is 8. The fraction of sp³-hybridized carbons (Fsp3) is 0.333. The van der Waals surface area contributed by atoms with Crippen LogP contribution in [-0.2, 0) is 21.4 Å². The maximum absolute atomic E-state index is 12.1. The van der Waals surface area contributed by atoms with Gasteiger partial charge in [-0.3, -0.25) is 4.79 Å². The van der Waals surface area contributed by atoms with Gasteiger partial charge in [-0.1, -0.05) is 0 Å². The minimum absolute atomic E-state index is 0.182. The highest BCUT2D eigenvalue weighted by Gasteiger charge is 2.12. The van der Waals surface area contributed by atoms with Gasteiger partial charge in [0.25, 0.3) is 0 Å². The summed E-state index contributed by atoms with van der Waals surface area (Å²) in [7, 11) is -3.52. The SMILES string of the molecule is CC(=O)Nc1ccc(S(=O)(=O)NCCCCn2ccnc2)cc1. The number of hydrogen-bond acceptors (Lipinski definition) is 4. The van der Waals surface area contributed by atoms with E-state index in [0.717, 1.165) is 19.4 Å². The van der Waals surface area contributed by atoms with E-state index in [2.05, 4.69) is 15.0 Å². The van der Waals surface area contributed by atoms with Crippen molar-refractivity contribution in [2.24, 2.45) is 0 Å². The molecule has 2 N–H and O–H groups in total. The number of amides is 1. The van der Waals surface area contributed by atoms with Crippen molar-refractivity contribution in [1.29, 1.82) is 0 Å². The first kappa shape index (κ1) is 17.2. The molecule has 23 heavy (non-hydrogen) atoms. The monoisotopic (exact) mass is 336 g/mol. The van der Waals surface area contributed by atoms with Crippen molar-refractivity contribution in [3.63, 3.8) is 0 Å². The van der Waals surface area contributed by atoms with Gasteiger partial charge in [0, 0.05) is 38.1 Å². The third-order valence-electron chi connectivity index (χ3n) is 3.18. The molecular formula is C15H20N4O3S. The Bertz CT molecular complexity index is 725. The molecule has 124 valence electrons. The minimum Gasteiger partial charge on any atom is -0.337 e. The van der Waals surface area contributed by atoms with Crippen LogP contribution in [0.1, 0.15) is 19.8 Å². The van der Waals surface area contributed by atoms with Gasteiger partial charge in [-0.2, -0.15) is 0 Å². The molecule has 2 rings (SSSR count). The van der Waals surface area contributed by atoms with Crippen LogP contribution < -0.4 is 10.0 Å². The van der Waals surface area contributed by atoms with Crippen LogP contribution in [0.5, 0.6) is 0 Å². The Hall–Kier alpha value is -2.19. The average molecular weight is 336 g/mol. The second-order valence-corrected chi connectivity index (χ2v) is 6.88. The van der Waals surface area contributed by atoms with Crippen molar-refractivity contribution in [3.8, 4) is 0 Å². The molecule has 0 aliphatic carbocycles. The molecule has 0 aliphatic heterocycles. The number of unbranched alkanes of at least 4 members (excludes halogenated alkanes) is 1. The van der Waals surface area contributed by atoms with Crippen molar-refractivity contribution in [2.45, 2.75) is 31.2 Å². The summed E-state index contributed by atoms with van der Waals surface area (Å²) in [6, 6.07) is 6.07. The lowest BCUT2D eigenvalue weighted by atomic mass is 10.3. The molecule has 8 heteroatoms. The molecule has 0 spiro atoms. The molecule has 1 heterocycles. The number of nitrogens with one attached hydrogen (secondary N) is 2. The molecule has 2 aromatic rings. The fourth-order valence-electron chi connectivity index (χ4n) is 2.05. The molecule has 0 saturated heterocycles. The predicted molar refractivity (Wildman–Crippen MR) is 87.4 cm³/mol. The van der Waals surface area contributed by atoms with Crippen LogP contribution in [0.3, 0.4) is 0 Å². The smallest absolute Gasteiger partial charge is 0.240 e. The van der Waals surface area contributed by atoms with Crippen LogP contribution in [0.15, 0.2) is 47.9 Å². The zero-order valence-corrected chi connectivity index (χ0v) is 13.7. The molecule has 0 fully saturated rings. The van der Waals surface area contributed by atoms with Gasteiger partial charge >= 0.3 is 0 Å². The quantitative estimate of drug-likeness (QED) is 0.716. The molecule has 1 aromatic carbocycles. The van der Waals surface area contributed by atoms with Gasteiger partial charge in [0.05, 0.1) is 11.2 Å². The van der Waals surface area contributed by atoms with Crippen molar-refractivity contribution in [3.05, 3.63) is 43.0 Å². The Morgan fingerprint density at radius 1 is 1.22 bits per heavy atom. The zero-order valence-electron chi connectivity index (χ0n) is 12.9.